The Bertz CT molecular complexity index is 371. The van der Waals surface area contributed by atoms with E-state index >= 15 is 0 Å². The van der Waals surface area contributed by atoms with E-state index in [1.165, 1.54) is 4.31 Å². The molecule has 86 valence electrons. The molecule has 15 heavy (non-hydrogen) atoms. The first kappa shape index (κ1) is 10.8. The van der Waals surface area contributed by atoms with Crippen LogP contribution in [0.25, 0.3) is 0 Å². The number of hydrogen-bond donors (Lipinski definition) is 2. The van der Waals surface area contributed by atoms with Crippen LogP contribution in [0.3, 0.4) is 0 Å². The van der Waals surface area contributed by atoms with Gasteiger partial charge in [-0.2, -0.15) is 12.7 Å². The van der Waals surface area contributed by atoms with E-state index in [0.717, 1.165) is 0 Å². The van der Waals surface area contributed by atoms with Gasteiger partial charge in [0.1, 0.15) is 0 Å². The Labute approximate surface area is 89.0 Å². The van der Waals surface area contributed by atoms with Crippen LogP contribution < -0.4 is 10.5 Å². The molecule has 0 aromatic rings. The molecular weight excluding hydrogens is 218 g/mol. The van der Waals surface area contributed by atoms with Crippen molar-refractivity contribution in [2.75, 3.05) is 19.6 Å². The van der Waals surface area contributed by atoms with Crippen LogP contribution in [-0.4, -0.2) is 38.3 Å². The average Bonchev–Trinajstić information content (AvgIpc) is 2.47. The Morgan fingerprint density at radius 3 is 2.33 bits per heavy atom. The molecule has 2 aliphatic heterocycles. The van der Waals surface area contributed by atoms with Crippen molar-refractivity contribution in [3.8, 4) is 0 Å². The zero-order valence-electron chi connectivity index (χ0n) is 8.40. The van der Waals surface area contributed by atoms with Crippen LogP contribution in [0.15, 0.2) is 0 Å². The summed E-state index contributed by atoms with van der Waals surface area (Å²) in [6, 6.07) is 0. The van der Waals surface area contributed by atoms with Gasteiger partial charge in [-0.25, -0.2) is 5.14 Å². The summed E-state index contributed by atoms with van der Waals surface area (Å²) in [6.07, 6.45) is 1.94. The van der Waals surface area contributed by atoms with E-state index in [1.807, 2.05) is 0 Å². The SMILES string of the molecule is NS(=O)(=O)N1CCC2(CC1)CNC(=O)C2. The highest BCUT2D eigenvalue weighted by Gasteiger charge is 2.42. The fraction of sp³-hybridized carbons (Fsp3) is 0.875. The molecule has 0 bridgehead atoms. The summed E-state index contributed by atoms with van der Waals surface area (Å²) in [5, 5.41) is 7.84. The number of carbonyl (C=O) groups excluding carboxylic acids is 1. The monoisotopic (exact) mass is 233 g/mol. The minimum absolute atomic E-state index is 0.0295. The first-order chi connectivity index (χ1) is 6.91. The van der Waals surface area contributed by atoms with E-state index < -0.39 is 10.2 Å². The van der Waals surface area contributed by atoms with Gasteiger partial charge in [0.25, 0.3) is 10.2 Å². The second-order valence-corrected chi connectivity index (χ2v) is 5.94. The number of nitrogens with zero attached hydrogens (tertiary/aromatic N) is 1. The van der Waals surface area contributed by atoms with Crippen molar-refractivity contribution in [3.63, 3.8) is 0 Å². The maximum Gasteiger partial charge on any atom is 0.276 e. The largest absolute Gasteiger partial charge is 0.356 e. The lowest BCUT2D eigenvalue weighted by atomic mass is 9.78. The molecule has 2 heterocycles. The van der Waals surface area contributed by atoms with Crippen LogP contribution in [0.2, 0.25) is 0 Å². The van der Waals surface area contributed by atoms with Crippen molar-refractivity contribution in [1.82, 2.24) is 9.62 Å². The third-order valence-electron chi connectivity index (χ3n) is 3.34. The molecule has 0 aromatic heterocycles. The number of nitrogens with one attached hydrogen (secondary N) is 1. The Hall–Kier alpha value is -0.660. The van der Waals surface area contributed by atoms with Gasteiger partial charge in [-0.1, -0.05) is 0 Å². The minimum atomic E-state index is -3.56. The summed E-state index contributed by atoms with van der Waals surface area (Å²) >= 11 is 0. The van der Waals surface area contributed by atoms with Gasteiger partial charge in [-0.3, -0.25) is 4.79 Å². The molecule has 0 aliphatic carbocycles. The number of nitrogens with two attached hydrogens (primary N) is 1. The first-order valence-corrected chi connectivity index (χ1v) is 6.46. The maximum absolute atomic E-state index is 11.1. The van der Waals surface area contributed by atoms with E-state index in [9.17, 15) is 13.2 Å². The van der Waals surface area contributed by atoms with Crippen molar-refractivity contribution in [2.45, 2.75) is 19.3 Å². The molecule has 2 aliphatic rings. The van der Waals surface area contributed by atoms with E-state index in [-0.39, 0.29) is 11.3 Å². The lowest BCUT2D eigenvalue weighted by Gasteiger charge is -2.36. The normalized spacial score (nSPS) is 26.9. The van der Waals surface area contributed by atoms with Crippen LogP contribution in [0, 0.1) is 5.41 Å². The Morgan fingerprint density at radius 2 is 1.93 bits per heavy atom. The van der Waals surface area contributed by atoms with Crippen LogP contribution in [0.4, 0.5) is 0 Å². The Balaban J connectivity index is 2.01. The zero-order valence-corrected chi connectivity index (χ0v) is 9.22. The molecule has 0 radical (unpaired) electrons. The number of piperidine rings is 1. The van der Waals surface area contributed by atoms with E-state index in [2.05, 4.69) is 5.32 Å². The number of hydrogen-bond acceptors (Lipinski definition) is 3. The third-order valence-corrected chi connectivity index (χ3v) is 4.42. The molecular formula is C8H15N3O3S. The summed E-state index contributed by atoms with van der Waals surface area (Å²) in [4.78, 5) is 11.1. The Morgan fingerprint density at radius 1 is 1.33 bits per heavy atom. The highest BCUT2D eigenvalue weighted by molar-refractivity contribution is 7.86. The molecule has 0 unspecified atom stereocenters. The topological polar surface area (TPSA) is 92.5 Å². The number of rotatable bonds is 1. The standard InChI is InChI=1S/C8H15N3O3S/c9-15(13,14)11-3-1-8(2-4-11)5-7(12)10-6-8/h1-6H2,(H,10,12)(H2,9,13,14). The van der Waals surface area contributed by atoms with Crippen molar-refractivity contribution in [1.29, 1.82) is 0 Å². The lowest BCUT2D eigenvalue weighted by molar-refractivity contribution is -0.119. The van der Waals surface area contributed by atoms with Gasteiger partial charge in [-0.15, -0.1) is 0 Å². The average molecular weight is 233 g/mol. The summed E-state index contributed by atoms with van der Waals surface area (Å²) < 4.78 is 23.4. The highest BCUT2D eigenvalue weighted by atomic mass is 32.2. The van der Waals surface area contributed by atoms with Crippen molar-refractivity contribution in [2.24, 2.45) is 10.6 Å². The fourth-order valence-corrected chi connectivity index (χ4v) is 3.01. The van der Waals surface area contributed by atoms with Crippen LogP contribution in [0.1, 0.15) is 19.3 Å². The van der Waals surface area contributed by atoms with E-state index in [4.69, 9.17) is 5.14 Å². The van der Waals surface area contributed by atoms with Gasteiger partial charge in [-0.05, 0) is 18.3 Å². The molecule has 7 heteroatoms. The minimum Gasteiger partial charge on any atom is -0.356 e. The molecule has 1 amide bonds. The third kappa shape index (κ3) is 2.14. The van der Waals surface area contributed by atoms with E-state index in [1.54, 1.807) is 0 Å². The predicted molar refractivity (Wildman–Crippen MR) is 54.0 cm³/mol. The molecule has 6 nitrogen and oxygen atoms in total. The molecule has 2 rings (SSSR count). The van der Waals surface area contributed by atoms with Crippen molar-refractivity contribution < 1.29 is 13.2 Å². The van der Waals surface area contributed by atoms with Gasteiger partial charge in [0.2, 0.25) is 5.91 Å². The van der Waals surface area contributed by atoms with Gasteiger partial charge < -0.3 is 5.32 Å². The maximum atomic E-state index is 11.1. The predicted octanol–water partition coefficient (Wildman–Crippen LogP) is -1.21. The zero-order chi connectivity index (χ0) is 11.1. The molecule has 0 aromatic carbocycles. The molecule has 0 atom stereocenters. The first-order valence-electron chi connectivity index (χ1n) is 4.96. The van der Waals surface area contributed by atoms with E-state index in [0.29, 0.717) is 38.9 Å². The van der Waals surface area contributed by atoms with Gasteiger partial charge in [0, 0.05) is 26.1 Å². The van der Waals surface area contributed by atoms with Gasteiger partial charge in [0.05, 0.1) is 0 Å². The second-order valence-electron chi connectivity index (χ2n) is 4.40. The quantitative estimate of drug-likeness (QED) is 0.595. The summed E-state index contributed by atoms with van der Waals surface area (Å²) in [5.41, 5.74) is -0.0295. The highest BCUT2D eigenvalue weighted by Crippen LogP contribution is 2.37. The molecule has 2 saturated heterocycles. The molecule has 1 spiro atoms. The van der Waals surface area contributed by atoms with Crippen molar-refractivity contribution in [3.05, 3.63) is 0 Å². The number of amides is 1. The Kier molecular flexibility index (Phi) is 2.48. The van der Waals surface area contributed by atoms with Crippen LogP contribution in [0.5, 0.6) is 0 Å². The summed E-state index contributed by atoms with van der Waals surface area (Å²) in [5.74, 6) is 0.0686. The molecule has 0 saturated carbocycles. The summed E-state index contributed by atoms with van der Waals surface area (Å²) in [7, 11) is -3.56. The smallest absolute Gasteiger partial charge is 0.276 e. The van der Waals surface area contributed by atoms with Crippen molar-refractivity contribution >= 4 is 16.1 Å². The fourth-order valence-electron chi connectivity index (χ4n) is 2.32. The van der Waals surface area contributed by atoms with Crippen LogP contribution >= 0.6 is 0 Å². The summed E-state index contributed by atoms with van der Waals surface area (Å²) in [6.45, 7) is 1.52. The molecule has 3 N–H and O–H groups in total. The molecule has 2 fully saturated rings. The van der Waals surface area contributed by atoms with Gasteiger partial charge in [0.15, 0.2) is 0 Å². The lowest BCUT2D eigenvalue weighted by Crippen LogP contribution is -2.46. The number of carbonyl (C=O) groups is 1. The van der Waals surface area contributed by atoms with Gasteiger partial charge >= 0.3 is 0 Å². The van der Waals surface area contributed by atoms with Crippen LogP contribution in [-0.2, 0) is 15.0 Å². The second kappa shape index (κ2) is 3.43.